The maximum absolute atomic E-state index is 9.03. The fourth-order valence-electron chi connectivity index (χ4n) is 3.14. The average Bonchev–Trinajstić information content (AvgIpc) is 2.86. The Bertz CT molecular complexity index is 491. The van der Waals surface area contributed by atoms with E-state index in [1.807, 2.05) is 12.1 Å². The van der Waals surface area contributed by atoms with Crippen molar-refractivity contribution in [2.45, 2.75) is 18.9 Å². The lowest BCUT2D eigenvalue weighted by Crippen LogP contribution is -2.50. The molecule has 2 heterocycles. The van der Waals surface area contributed by atoms with Crippen molar-refractivity contribution in [2.75, 3.05) is 36.8 Å². The van der Waals surface area contributed by atoms with Gasteiger partial charge in [-0.3, -0.25) is 4.90 Å². The van der Waals surface area contributed by atoms with Gasteiger partial charge in [0.05, 0.1) is 16.9 Å². The van der Waals surface area contributed by atoms with Gasteiger partial charge in [-0.1, -0.05) is 6.07 Å². The SMILES string of the molecule is N#Cc1cccc(N2CCN3CCCC3C2)c1N. The molecule has 1 atom stereocenters. The van der Waals surface area contributed by atoms with Gasteiger partial charge in [-0.25, -0.2) is 0 Å². The summed E-state index contributed by atoms with van der Waals surface area (Å²) in [5, 5.41) is 9.03. The molecule has 18 heavy (non-hydrogen) atoms. The van der Waals surface area contributed by atoms with E-state index in [0.29, 0.717) is 17.3 Å². The first kappa shape index (κ1) is 11.4. The molecule has 0 aliphatic carbocycles. The Balaban J connectivity index is 1.85. The molecule has 1 unspecified atom stereocenters. The second-order valence-corrected chi connectivity index (χ2v) is 5.13. The van der Waals surface area contributed by atoms with Crippen molar-refractivity contribution >= 4 is 11.4 Å². The number of rotatable bonds is 1. The highest BCUT2D eigenvalue weighted by atomic mass is 15.3. The van der Waals surface area contributed by atoms with Crippen molar-refractivity contribution in [2.24, 2.45) is 0 Å². The molecule has 1 aromatic carbocycles. The molecule has 4 heteroatoms. The van der Waals surface area contributed by atoms with Crippen molar-refractivity contribution in [1.29, 1.82) is 5.26 Å². The molecule has 0 bridgehead atoms. The van der Waals surface area contributed by atoms with Gasteiger partial charge in [-0.2, -0.15) is 5.26 Å². The Morgan fingerprint density at radius 3 is 3.00 bits per heavy atom. The van der Waals surface area contributed by atoms with Crippen LogP contribution in [-0.4, -0.2) is 37.1 Å². The maximum Gasteiger partial charge on any atom is 0.101 e. The molecule has 2 aliphatic rings. The van der Waals surface area contributed by atoms with Gasteiger partial charge in [0.15, 0.2) is 0 Å². The van der Waals surface area contributed by atoms with Crippen LogP contribution in [0.1, 0.15) is 18.4 Å². The molecule has 1 aromatic rings. The van der Waals surface area contributed by atoms with Gasteiger partial charge in [0.2, 0.25) is 0 Å². The minimum absolute atomic E-state index is 0.585. The highest BCUT2D eigenvalue weighted by Crippen LogP contribution is 2.30. The van der Waals surface area contributed by atoms with Gasteiger partial charge in [-0.05, 0) is 31.5 Å². The third kappa shape index (κ3) is 1.81. The minimum atomic E-state index is 0.585. The lowest BCUT2D eigenvalue weighted by Gasteiger charge is -2.39. The molecule has 3 rings (SSSR count). The molecule has 94 valence electrons. The number of benzene rings is 1. The number of nitrogens with two attached hydrogens (primary N) is 1. The van der Waals surface area contributed by atoms with E-state index in [4.69, 9.17) is 11.0 Å². The molecule has 0 saturated carbocycles. The second kappa shape index (κ2) is 4.51. The van der Waals surface area contributed by atoms with Crippen LogP contribution in [0.4, 0.5) is 11.4 Å². The Hall–Kier alpha value is -1.73. The van der Waals surface area contributed by atoms with Crippen LogP contribution in [0, 0.1) is 11.3 Å². The summed E-state index contributed by atoms with van der Waals surface area (Å²) in [7, 11) is 0. The number of hydrogen-bond donors (Lipinski definition) is 1. The highest BCUT2D eigenvalue weighted by Gasteiger charge is 2.31. The summed E-state index contributed by atoms with van der Waals surface area (Å²) in [6.45, 7) is 4.40. The van der Waals surface area contributed by atoms with Gasteiger partial charge >= 0.3 is 0 Å². The Morgan fingerprint density at radius 1 is 1.28 bits per heavy atom. The monoisotopic (exact) mass is 242 g/mol. The second-order valence-electron chi connectivity index (χ2n) is 5.13. The van der Waals surface area contributed by atoms with Crippen LogP contribution in [-0.2, 0) is 0 Å². The maximum atomic E-state index is 9.03. The average molecular weight is 242 g/mol. The molecule has 4 nitrogen and oxygen atoms in total. The zero-order valence-electron chi connectivity index (χ0n) is 10.5. The summed E-state index contributed by atoms with van der Waals surface area (Å²) < 4.78 is 0. The van der Waals surface area contributed by atoms with Crippen molar-refractivity contribution in [1.82, 2.24) is 4.90 Å². The number of para-hydroxylation sites is 1. The third-order valence-electron chi connectivity index (χ3n) is 4.13. The summed E-state index contributed by atoms with van der Waals surface area (Å²) in [6.07, 6.45) is 2.60. The van der Waals surface area contributed by atoms with Crippen molar-refractivity contribution in [3.8, 4) is 6.07 Å². The summed E-state index contributed by atoms with van der Waals surface area (Å²) in [5.74, 6) is 0. The third-order valence-corrected chi connectivity index (χ3v) is 4.13. The Kier molecular flexibility index (Phi) is 2.85. The molecule has 0 aromatic heterocycles. The van der Waals surface area contributed by atoms with E-state index in [1.165, 1.54) is 19.4 Å². The standard InChI is InChI=1S/C14H18N4/c15-9-11-3-1-5-13(14(11)16)18-8-7-17-6-2-4-12(17)10-18/h1,3,5,12H,2,4,6-8,10,16H2. The summed E-state index contributed by atoms with van der Waals surface area (Å²) in [4.78, 5) is 4.91. The van der Waals surface area contributed by atoms with E-state index in [-0.39, 0.29) is 0 Å². The number of nitriles is 1. The predicted octanol–water partition coefficient (Wildman–Crippen LogP) is 1.42. The topological polar surface area (TPSA) is 56.3 Å². The van der Waals surface area contributed by atoms with Gasteiger partial charge < -0.3 is 10.6 Å². The number of hydrogen-bond acceptors (Lipinski definition) is 4. The largest absolute Gasteiger partial charge is 0.396 e. The van der Waals surface area contributed by atoms with Crippen molar-refractivity contribution < 1.29 is 0 Å². The van der Waals surface area contributed by atoms with Crippen LogP contribution in [0.25, 0.3) is 0 Å². The molecule has 0 radical (unpaired) electrons. The fraction of sp³-hybridized carbons (Fsp3) is 0.500. The lowest BCUT2D eigenvalue weighted by molar-refractivity contribution is 0.231. The van der Waals surface area contributed by atoms with Gasteiger partial charge in [-0.15, -0.1) is 0 Å². The molecular weight excluding hydrogens is 224 g/mol. The van der Waals surface area contributed by atoms with Crippen molar-refractivity contribution in [3.63, 3.8) is 0 Å². The molecule has 0 spiro atoms. The van der Waals surface area contributed by atoms with Crippen LogP contribution < -0.4 is 10.6 Å². The number of fused-ring (bicyclic) bond motifs is 1. The smallest absolute Gasteiger partial charge is 0.101 e. The molecule has 0 amide bonds. The molecule has 2 saturated heterocycles. The van der Waals surface area contributed by atoms with Gasteiger partial charge in [0, 0.05) is 25.7 Å². The number of nitrogens with zero attached hydrogens (tertiary/aromatic N) is 3. The highest BCUT2D eigenvalue weighted by molar-refractivity contribution is 5.74. The van der Waals surface area contributed by atoms with Crippen LogP contribution in [0.15, 0.2) is 18.2 Å². The minimum Gasteiger partial charge on any atom is -0.396 e. The van der Waals surface area contributed by atoms with E-state index in [2.05, 4.69) is 15.9 Å². The molecule has 2 fully saturated rings. The fourth-order valence-corrected chi connectivity index (χ4v) is 3.14. The van der Waals surface area contributed by atoms with E-state index in [1.54, 1.807) is 6.07 Å². The van der Waals surface area contributed by atoms with Crippen LogP contribution in [0.3, 0.4) is 0 Å². The molecule has 2 aliphatic heterocycles. The molecular formula is C14H18N4. The summed E-state index contributed by atoms with van der Waals surface area (Å²) in [5.41, 5.74) is 8.33. The first-order chi connectivity index (χ1) is 8.79. The van der Waals surface area contributed by atoms with Gasteiger partial charge in [0.1, 0.15) is 6.07 Å². The van der Waals surface area contributed by atoms with Crippen LogP contribution >= 0.6 is 0 Å². The van der Waals surface area contributed by atoms with Crippen LogP contribution in [0.2, 0.25) is 0 Å². The van der Waals surface area contributed by atoms with E-state index < -0.39 is 0 Å². The summed E-state index contributed by atoms with van der Waals surface area (Å²) >= 11 is 0. The Labute approximate surface area is 108 Å². The van der Waals surface area contributed by atoms with Gasteiger partial charge in [0.25, 0.3) is 0 Å². The zero-order chi connectivity index (χ0) is 12.5. The zero-order valence-corrected chi connectivity index (χ0v) is 10.5. The first-order valence-corrected chi connectivity index (χ1v) is 6.57. The number of nitrogen functional groups attached to an aromatic ring is 1. The van der Waals surface area contributed by atoms with E-state index in [9.17, 15) is 0 Å². The summed E-state index contributed by atoms with van der Waals surface area (Å²) in [6, 6.07) is 8.56. The predicted molar refractivity (Wildman–Crippen MR) is 72.4 cm³/mol. The number of piperazine rings is 1. The lowest BCUT2D eigenvalue weighted by atomic mass is 10.1. The quantitative estimate of drug-likeness (QED) is 0.757. The van der Waals surface area contributed by atoms with E-state index >= 15 is 0 Å². The Morgan fingerprint density at radius 2 is 2.17 bits per heavy atom. The first-order valence-electron chi connectivity index (χ1n) is 6.57. The van der Waals surface area contributed by atoms with Crippen molar-refractivity contribution in [3.05, 3.63) is 23.8 Å². The van der Waals surface area contributed by atoms with Crippen LogP contribution in [0.5, 0.6) is 0 Å². The number of anilines is 2. The van der Waals surface area contributed by atoms with E-state index in [0.717, 1.165) is 25.3 Å². The molecule has 2 N–H and O–H groups in total. The normalized spacial score (nSPS) is 23.7.